The molecular weight excluding hydrogens is 315 g/mol. The van der Waals surface area contributed by atoms with Crippen LogP contribution in [0.2, 0.25) is 5.15 Å². The highest BCUT2D eigenvalue weighted by atomic mass is 35.5. The zero-order valence-corrected chi connectivity index (χ0v) is 13.3. The van der Waals surface area contributed by atoms with Crippen molar-refractivity contribution in [2.24, 2.45) is 0 Å². The first-order chi connectivity index (χ1) is 8.50. The smallest absolute Gasteiger partial charge is 0.267 e. The van der Waals surface area contributed by atoms with Gasteiger partial charge in [0.15, 0.2) is 0 Å². The molecule has 0 N–H and O–H groups in total. The van der Waals surface area contributed by atoms with Crippen molar-refractivity contribution in [3.63, 3.8) is 0 Å². The molecule has 0 unspecified atom stereocenters. The third kappa shape index (κ3) is 4.99. The van der Waals surface area contributed by atoms with Gasteiger partial charge in [0.2, 0.25) is 5.69 Å². The lowest BCUT2D eigenvalue weighted by Crippen LogP contribution is -2.20. The van der Waals surface area contributed by atoms with Gasteiger partial charge in [0.25, 0.3) is 5.56 Å². The molecule has 0 spiro atoms. The van der Waals surface area contributed by atoms with E-state index < -0.39 is 5.69 Å². The van der Waals surface area contributed by atoms with Crippen LogP contribution in [0.4, 0.5) is 0 Å². The van der Waals surface area contributed by atoms with Crippen molar-refractivity contribution in [3.05, 3.63) is 27.6 Å². The Morgan fingerprint density at radius 2 is 2.06 bits per heavy atom. The number of halogens is 1. The van der Waals surface area contributed by atoms with Crippen molar-refractivity contribution in [2.45, 2.75) is 19.7 Å². The molecule has 9 heteroatoms. The van der Waals surface area contributed by atoms with E-state index in [-0.39, 0.29) is 16.6 Å². The number of aromatic nitrogens is 2. The number of rotatable bonds is 7. The van der Waals surface area contributed by atoms with E-state index >= 15 is 0 Å². The van der Waals surface area contributed by atoms with Gasteiger partial charge in [0.1, 0.15) is 5.15 Å². The van der Waals surface area contributed by atoms with Gasteiger partial charge in [0.05, 0.1) is 19.1 Å². The Hall–Kier alpha value is 0.0900. The molecule has 0 aromatic carbocycles. The van der Waals surface area contributed by atoms with Crippen LogP contribution >= 0.6 is 28.7 Å². The van der Waals surface area contributed by atoms with E-state index in [0.717, 1.165) is 0 Å². The third-order valence-electron chi connectivity index (χ3n) is 1.75. The van der Waals surface area contributed by atoms with Crippen molar-refractivity contribution in [3.8, 4) is 0 Å². The van der Waals surface area contributed by atoms with Crippen LogP contribution in [-0.4, -0.2) is 23.0 Å². The van der Waals surface area contributed by atoms with Crippen LogP contribution in [0, 0.1) is 0 Å². The lowest BCUT2D eigenvalue weighted by Gasteiger charge is -2.19. The van der Waals surface area contributed by atoms with E-state index in [4.69, 9.17) is 32.5 Å². The first kappa shape index (κ1) is 16.1. The summed E-state index contributed by atoms with van der Waals surface area (Å²) in [5.41, 5.74) is -2.65. The van der Waals surface area contributed by atoms with Gasteiger partial charge in [-0.25, -0.2) is 4.68 Å². The number of nitrogens with zero attached hydrogens (tertiary/aromatic N) is 2. The second-order valence-corrected chi connectivity index (χ2v) is 9.70. The van der Waals surface area contributed by atoms with E-state index in [1.165, 1.54) is 28.2 Å². The highest BCUT2D eigenvalue weighted by molar-refractivity contribution is 8.67. The fraction of sp³-hybridized carbons (Fsp3) is 0.556. The van der Waals surface area contributed by atoms with Crippen molar-refractivity contribution >= 4 is 40.5 Å². The minimum Gasteiger partial charge on any atom is -0.322 e. The molecule has 18 heavy (non-hydrogen) atoms. The van der Waals surface area contributed by atoms with Gasteiger partial charge >= 0.3 is 0 Å². The molecule has 0 aliphatic heterocycles. The second kappa shape index (κ2) is 7.62. The van der Waals surface area contributed by atoms with E-state index in [9.17, 15) is 4.79 Å². The number of hydrogen-bond donors (Lipinski definition) is 0. The van der Waals surface area contributed by atoms with Crippen LogP contribution in [0.3, 0.4) is 0 Å². The van der Waals surface area contributed by atoms with Gasteiger partial charge in [-0.2, -0.15) is 5.10 Å². The van der Waals surface area contributed by atoms with Crippen LogP contribution in [0.5, 0.6) is 0 Å². The summed E-state index contributed by atoms with van der Waals surface area (Å²) in [5, 5.41) is 4.17. The first-order valence-corrected chi connectivity index (χ1v) is 9.88. The standard InChI is InChI=1S/C9H14ClN2O3PS2/c1-3-14-16(17,15-4-2)18-7-12-9(13)6-5-8(10)11-12/h5-6H,3-4,7H2,1-2H3. The Kier molecular flexibility index (Phi) is 6.84. The Morgan fingerprint density at radius 1 is 1.44 bits per heavy atom. The Balaban J connectivity index is 2.75. The van der Waals surface area contributed by atoms with Gasteiger partial charge in [0, 0.05) is 6.07 Å². The fourth-order valence-corrected chi connectivity index (χ4v) is 5.40. The quantitative estimate of drug-likeness (QED) is 0.717. The average molecular weight is 329 g/mol. The van der Waals surface area contributed by atoms with Gasteiger partial charge in [-0.1, -0.05) is 11.6 Å². The van der Waals surface area contributed by atoms with E-state index in [1.54, 1.807) is 0 Å². The monoisotopic (exact) mass is 328 g/mol. The van der Waals surface area contributed by atoms with Gasteiger partial charge < -0.3 is 9.05 Å². The van der Waals surface area contributed by atoms with E-state index in [2.05, 4.69) is 5.10 Å². The Morgan fingerprint density at radius 3 is 2.61 bits per heavy atom. The molecule has 0 bridgehead atoms. The van der Waals surface area contributed by atoms with Crippen molar-refractivity contribution in [2.75, 3.05) is 13.2 Å². The summed E-state index contributed by atoms with van der Waals surface area (Å²) in [6.07, 6.45) is 0. The minimum absolute atomic E-state index is 0.235. The Bertz CT molecular complexity index is 487. The molecular formula is C9H14ClN2O3PS2. The predicted molar refractivity (Wildman–Crippen MR) is 78.6 cm³/mol. The molecule has 0 radical (unpaired) electrons. The highest BCUT2D eigenvalue weighted by Gasteiger charge is 2.19. The minimum atomic E-state index is -2.41. The molecule has 1 rings (SSSR count). The van der Waals surface area contributed by atoms with E-state index in [0.29, 0.717) is 13.2 Å². The van der Waals surface area contributed by atoms with E-state index in [1.807, 2.05) is 13.8 Å². The van der Waals surface area contributed by atoms with Gasteiger partial charge in [-0.3, -0.25) is 4.79 Å². The summed E-state index contributed by atoms with van der Waals surface area (Å²) in [6.45, 7) is 4.65. The largest absolute Gasteiger partial charge is 0.322 e. The fourth-order valence-electron chi connectivity index (χ4n) is 1.07. The van der Waals surface area contributed by atoms with Crippen LogP contribution < -0.4 is 5.56 Å². The van der Waals surface area contributed by atoms with Gasteiger partial charge in [-0.05, 0) is 43.1 Å². The lowest BCUT2D eigenvalue weighted by atomic mass is 10.6. The zero-order valence-electron chi connectivity index (χ0n) is 10.0. The molecule has 0 saturated carbocycles. The summed E-state index contributed by atoms with van der Waals surface area (Å²) in [4.78, 5) is 11.5. The summed E-state index contributed by atoms with van der Waals surface area (Å²) >= 11 is 12.3. The molecule has 102 valence electrons. The molecule has 0 atom stereocenters. The molecule has 0 aliphatic rings. The molecule has 1 heterocycles. The van der Waals surface area contributed by atoms with Crippen LogP contribution in [0.1, 0.15) is 13.8 Å². The van der Waals surface area contributed by atoms with Crippen molar-refractivity contribution < 1.29 is 9.05 Å². The molecule has 0 fully saturated rings. The maximum Gasteiger partial charge on any atom is 0.267 e. The lowest BCUT2D eigenvalue weighted by molar-refractivity contribution is 0.280. The normalized spacial score (nSPS) is 11.7. The molecule has 0 aliphatic carbocycles. The van der Waals surface area contributed by atoms with Crippen LogP contribution in [-0.2, 0) is 26.7 Å². The third-order valence-corrected chi connectivity index (χ3v) is 7.28. The second-order valence-electron chi connectivity index (χ2n) is 3.03. The maximum absolute atomic E-state index is 11.5. The SMILES string of the molecule is CCOP(=S)(OCC)SCn1nc(Cl)ccc1=O. The molecule has 5 nitrogen and oxygen atoms in total. The highest BCUT2D eigenvalue weighted by Crippen LogP contribution is 2.61. The van der Waals surface area contributed by atoms with Crippen LogP contribution in [0.25, 0.3) is 0 Å². The molecule has 0 saturated heterocycles. The summed E-state index contributed by atoms with van der Waals surface area (Å²) < 4.78 is 12.1. The molecule has 1 aromatic rings. The van der Waals surface area contributed by atoms with Crippen molar-refractivity contribution in [1.82, 2.24) is 9.78 Å². The zero-order chi connectivity index (χ0) is 13.6. The van der Waals surface area contributed by atoms with Gasteiger partial charge in [-0.15, -0.1) is 0 Å². The maximum atomic E-state index is 11.5. The van der Waals surface area contributed by atoms with Crippen LogP contribution in [0.15, 0.2) is 16.9 Å². The number of hydrogen-bond acceptors (Lipinski definition) is 6. The first-order valence-electron chi connectivity index (χ1n) is 5.28. The summed E-state index contributed by atoms with van der Waals surface area (Å²) in [6, 6.07) is 2.81. The summed E-state index contributed by atoms with van der Waals surface area (Å²) in [7, 11) is 0. The topological polar surface area (TPSA) is 53.4 Å². The van der Waals surface area contributed by atoms with Crippen molar-refractivity contribution in [1.29, 1.82) is 0 Å². The average Bonchev–Trinajstić information content (AvgIpc) is 2.31. The predicted octanol–water partition coefficient (Wildman–Crippen LogP) is 2.88. The molecule has 0 amide bonds. The Labute approximate surface area is 120 Å². The molecule has 1 aromatic heterocycles. The summed E-state index contributed by atoms with van der Waals surface area (Å²) in [5.74, 6) is 0.261.